The Balaban J connectivity index is 2.03. The molecule has 0 atom stereocenters. The second-order valence-corrected chi connectivity index (χ2v) is 5.72. The fourth-order valence-electron chi connectivity index (χ4n) is 2.44. The Hall–Kier alpha value is -0.540. The molecule has 94 valence electrons. The van der Waals surface area contributed by atoms with Gasteiger partial charge in [0.05, 0.1) is 6.10 Å². The molecule has 0 saturated heterocycles. The molecule has 1 aromatic rings. The maximum Gasteiger partial charge on any atom is 0.0541 e. The zero-order chi connectivity index (χ0) is 12.3. The minimum absolute atomic E-state index is 0.0800. The van der Waals surface area contributed by atoms with E-state index in [1.807, 2.05) is 0 Å². The number of anilines is 1. The van der Waals surface area contributed by atoms with Crippen molar-refractivity contribution in [1.82, 2.24) is 0 Å². The molecule has 0 aliphatic heterocycles. The van der Waals surface area contributed by atoms with Gasteiger partial charge >= 0.3 is 0 Å². The van der Waals surface area contributed by atoms with Gasteiger partial charge in [0.15, 0.2) is 0 Å². The third kappa shape index (κ3) is 3.46. The first-order chi connectivity index (χ1) is 8.19. The van der Waals surface area contributed by atoms with Crippen molar-refractivity contribution < 1.29 is 5.11 Å². The molecule has 0 amide bonds. The lowest BCUT2D eigenvalue weighted by atomic mass is 9.92. The summed E-state index contributed by atoms with van der Waals surface area (Å²) in [4.78, 5) is 0. The van der Waals surface area contributed by atoms with Crippen LogP contribution >= 0.6 is 15.9 Å². The average molecular weight is 298 g/mol. The number of halogens is 1. The zero-order valence-corrected chi connectivity index (χ0v) is 11.8. The van der Waals surface area contributed by atoms with Gasteiger partial charge in [0.1, 0.15) is 0 Å². The van der Waals surface area contributed by atoms with Gasteiger partial charge < -0.3 is 10.4 Å². The van der Waals surface area contributed by atoms with Crippen molar-refractivity contribution in [1.29, 1.82) is 0 Å². The minimum atomic E-state index is -0.0800. The Morgan fingerprint density at radius 3 is 2.65 bits per heavy atom. The van der Waals surface area contributed by atoms with E-state index in [0.717, 1.165) is 36.6 Å². The summed E-state index contributed by atoms with van der Waals surface area (Å²) in [6.07, 6.45) is 4.95. The Morgan fingerprint density at radius 1 is 1.29 bits per heavy atom. The summed E-state index contributed by atoms with van der Waals surface area (Å²) in [7, 11) is 0. The van der Waals surface area contributed by atoms with Gasteiger partial charge in [-0.3, -0.25) is 0 Å². The summed E-state index contributed by atoms with van der Waals surface area (Å²) in [6.45, 7) is 2.18. The summed E-state index contributed by atoms with van der Waals surface area (Å²) < 4.78 is 1.14. The highest BCUT2D eigenvalue weighted by molar-refractivity contribution is 9.10. The van der Waals surface area contributed by atoms with Crippen LogP contribution in [-0.2, 0) is 6.42 Å². The van der Waals surface area contributed by atoms with Gasteiger partial charge in [-0.15, -0.1) is 0 Å². The maximum atomic E-state index is 9.50. The molecule has 1 aromatic carbocycles. The number of aryl methyl sites for hydroxylation is 1. The summed E-state index contributed by atoms with van der Waals surface area (Å²) in [5.41, 5.74) is 2.60. The van der Waals surface area contributed by atoms with Gasteiger partial charge in [0, 0.05) is 16.2 Å². The highest BCUT2D eigenvalue weighted by Gasteiger charge is 2.19. The largest absolute Gasteiger partial charge is 0.393 e. The first-order valence-corrected chi connectivity index (χ1v) is 7.21. The predicted molar refractivity (Wildman–Crippen MR) is 75.4 cm³/mol. The molecule has 0 unspecified atom stereocenters. The number of benzene rings is 1. The van der Waals surface area contributed by atoms with Crippen LogP contribution in [0.3, 0.4) is 0 Å². The van der Waals surface area contributed by atoms with Crippen molar-refractivity contribution in [3.05, 3.63) is 28.2 Å². The van der Waals surface area contributed by atoms with Gasteiger partial charge in [-0.05, 0) is 55.9 Å². The molecular formula is C14H20BrNO. The van der Waals surface area contributed by atoms with E-state index >= 15 is 0 Å². The highest BCUT2D eigenvalue weighted by Crippen LogP contribution is 2.26. The molecule has 0 radical (unpaired) electrons. The lowest BCUT2D eigenvalue weighted by Gasteiger charge is -2.28. The van der Waals surface area contributed by atoms with Crippen LogP contribution in [0.1, 0.15) is 38.2 Å². The number of aliphatic hydroxyl groups is 1. The van der Waals surface area contributed by atoms with Crippen molar-refractivity contribution in [2.45, 2.75) is 51.2 Å². The van der Waals surface area contributed by atoms with E-state index in [0.29, 0.717) is 6.04 Å². The third-order valence-electron chi connectivity index (χ3n) is 3.50. The summed E-state index contributed by atoms with van der Waals surface area (Å²) in [5, 5.41) is 13.1. The van der Waals surface area contributed by atoms with Crippen LogP contribution < -0.4 is 5.32 Å². The average Bonchev–Trinajstić information content (AvgIpc) is 2.34. The standard InChI is InChI=1S/C14H20BrNO/c1-2-10-9-11(15)3-8-14(10)16-12-4-6-13(17)7-5-12/h3,8-9,12-13,16-17H,2,4-7H2,1H3. The minimum Gasteiger partial charge on any atom is -0.393 e. The van der Waals surface area contributed by atoms with E-state index in [1.165, 1.54) is 11.3 Å². The van der Waals surface area contributed by atoms with Crippen LogP contribution in [0, 0.1) is 0 Å². The number of hydrogen-bond donors (Lipinski definition) is 2. The number of hydrogen-bond acceptors (Lipinski definition) is 2. The van der Waals surface area contributed by atoms with Crippen LogP contribution in [0.2, 0.25) is 0 Å². The van der Waals surface area contributed by atoms with E-state index in [2.05, 4.69) is 46.4 Å². The van der Waals surface area contributed by atoms with Gasteiger partial charge in [-0.2, -0.15) is 0 Å². The van der Waals surface area contributed by atoms with Crippen LogP contribution in [0.25, 0.3) is 0 Å². The second kappa shape index (κ2) is 5.87. The Morgan fingerprint density at radius 2 is 2.00 bits per heavy atom. The molecule has 17 heavy (non-hydrogen) atoms. The number of aliphatic hydroxyl groups excluding tert-OH is 1. The fourth-order valence-corrected chi connectivity index (χ4v) is 2.84. The molecule has 0 bridgehead atoms. The SMILES string of the molecule is CCc1cc(Br)ccc1NC1CCC(O)CC1. The zero-order valence-electron chi connectivity index (χ0n) is 10.2. The normalized spacial score (nSPS) is 24.6. The molecule has 0 heterocycles. The summed E-state index contributed by atoms with van der Waals surface area (Å²) >= 11 is 3.51. The van der Waals surface area contributed by atoms with Crippen molar-refractivity contribution in [2.24, 2.45) is 0 Å². The van der Waals surface area contributed by atoms with Crippen molar-refractivity contribution in [2.75, 3.05) is 5.32 Å². The van der Waals surface area contributed by atoms with Gasteiger partial charge in [0.2, 0.25) is 0 Å². The topological polar surface area (TPSA) is 32.3 Å². The summed E-state index contributed by atoms with van der Waals surface area (Å²) in [5.74, 6) is 0. The van der Waals surface area contributed by atoms with E-state index < -0.39 is 0 Å². The molecular weight excluding hydrogens is 278 g/mol. The predicted octanol–water partition coefficient (Wildman–Crippen LogP) is 3.73. The van der Waals surface area contributed by atoms with Crippen molar-refractivity contribution in [3.8, 4) is 0 Å². The molecule has 0 aromatic heterocycles. The van der Waals surface area contributed by atoms with Crippen LogP contribution in [0.15, 0.2) is 22.7 Å². The molecule has 0 spiro atoms. The van der Waals surface area contributed by atoms with Crippen LogP contribution in [-0.4, -0.2) is 17.3 Å². The van der Waals surface area contributed by atoms with Crippen LogP contribution in [0.5, 0.6) is 0 Å². The van der Waals surface area contributed by atoms with Gasteiger partial charge in [-0.1, -0.05) is 22.9 Å². The molecule has 2 N–H and O–H groups in total. The van der Waals surface area contributed by atoms with E-state index in [4.69, 9.17) is 0 Å². The molecule has 1 aliphatic rings. The monoisotopic (exact) mass is 297 g/mol. The number of rotatable bonds is 3. The van der Waals surface area contributed by atoms with E-state index in [9.17, 15) is 5.11 Å². The third-order valence-corrected chi connectivity index (χ3v) is 4.00. The van der Waals surface area contributed by atoms with E-state index in [1.54, 1.807) is 0 Å². The Bertz CT molecular complexity index is 372. The highest BCUT2D eigenvalue weighted by atomic mass is 79.9. The Labute approximate surface area is 112 Å². The lowest BCUT2D eigenvalue weighted by Crippen LogP contribution is -2.28. The van der Waals surface area contributed by atoms with E-state index in [-0.39, 0.29) is 6.10 Å². The first-order valence-electron chi connectivity index (χ1n) is 6.42. The Kier molecular flexibility index (Phi) is 4.46. The molecule has 3 heteroatoms. The van der Waals surface area contributed by atoms with Gasteiger partial charge in [0.25, 0.3) is 0 Å². The molecule has 1 fully saturated rings. The fraction of sp³-hybridized carbons (Fsp3) is 0.571. The second-order valence-electron chi connectivity index (χ2n) is 4.80. The van der Waals surface area contributed by atoms with Crippen LogP contribution in [0.4, 0.5) is 5.69 Å². The molecule has 1 saturated carbocycles. The molecule has 2 nitrogen and oxygen atoms in total. The van der Waals surface area contributed by atoms with Crippen molar-refractivity contribution >= 4 is 21.6 Å². The lowest BCUT2D eigenvalue weighted by molar-refractivity contribution is 0.126. The first kappa shape index (κ1) is 12.9. The van der Waals surface area contributed by atoms with Gasteiger partial charge in [-0.25, -0.2) is 0 Å². The molecule has 1 aliphatic carbocycles. The smallest absolute Gasteiger partial charge is 0.0541 e. The quantitative estimate of drug-likeness (QED) is 0.891. The maximum absolute atomic E-state index is 9.50. The van der Waals surface area contributed by atoms with Crippen molar-refractivity contribution in [3.63, 3.8) is 0 Å². The molecule has 2 rings (SSSR count). The number of nitrogens with one attached hydrogen (secondary N) is 1. The summed E-state index contributed by atoms with van der Waals surface area (Å²) in [6, 6.07) is 6.93.